The smallest absolute Gasteiger partial charge is 0.254 e. The van der Waals surface area contributed by atoms with Gasteiger partial charge in [0.2, 0.25) is 5.95 Å². The lowest BCUT2D eigenvalue weighted by Crippen LogP contribution is -2.29. The molecule has 0 saturated heterocycles. The molecule has 4 rings (SSSR count). The quantitative estimate of drug-likeness (QED) is 0.637. The van der Waals surface area contributed by atoms with E-state index >= 15 is 0 Å². The minimum absolute atomic E-state index is 0.319. The van der Waals surface area contributed by atoms with Gasteiger partial charge in [-0.1, -0.05) is 25.1 Å². The molecule has 152 valence electrons. The SMILES string of the molecule is CCCN1CC=C(c2ccc(Nc3ncc(C(N)=O)c(NC4CC4)n3)cc2)CC1. The van der Waals surface area contributed by atoms with Crippen LogP contribution < -0.4 is 16.4 Å². The van der Waals surface area contributed by atoms with E-state index in [0.717, 1.165) is 38.0 Å². The van der Waals surface area contributed by atoms with Crippen molar-refractivity contribution in [3.63, 3.8) is 0 Å². The van der Waals surface area contributed by atoms with E-state index in [1.54, 1.807) is 0 Å². The lowest BCUT2D eigenvalue weighted by atomic mass is 9.99. The van der Waals surface area contributed by atoms with Crippen LogP contribution in [0.3, 0.4) is 0 Å². The molecule has 29 heavy (non-hydrogen) atoms. The maximum atomic E-state index is 11.6. The zero-order chi connectivity index (χ0) is 20.2. The number of primary amides is 1. The second kappa shape index (κ2) is 8.61. The molecule has 7 heteroatoms. The third-order valence-electron chi connectivity index (χ3n) is 5.32. The highest BCUT2D eigenvalue weighted by molar-refractivity contribution is 5.97. The summed E-state index contributed by atoms with van der Waals surface area (Å²) in [6.07, 6.45) is 8.26. The molecule has 0 spiro atoms. The highest BCUT2D eigenvalue weighted by Gasteiger charge is 2.24. The average Bonchev–Trinajstić information content (AvgIpc) is 3.53. The van der Waals surface area contributed by atoms with Crippen molar-refractivity contribution in [3.8, 4) is 0 Å². The summed E-state index contributed by atoms with van der Waals surface area (Å²) in [4.78, 5) is 22.8. The summed E-state index contributed by atoms with van der Waals surface area (Å²) in [5.41, 5.74) is 9.32. The fourth-order valence-corrected chi connectivity index (χ4v) is 3.54. The summed E-state index contributed by atoms with van der Waals surface area (Å²) >= 11 is 0. The zero-order valence-electron chi connectivity index (χ0n) is 16.8. The van der Waals surface area contributed by atoms with Crippen LogP contribution in [0.2, 0.25) is 0 Å². The molecule has 1 aliphatic heterocycles. The molecule has 7 nitrogen and oxygen atoms in total. The van der Waals surface area contributed by atoms with E-state index in [4.69, 9.17) is 5.73 Å². The third kappa shape index (κ3) is 4.92. The molecular formula is C22H28N6O. The zero-order valence-corrected chi connectivity index (χ0v) is 16.8. The van der Waals surface area contributed by atoms with Crippen molar-refractivity contribution in [3.05, 3.63) is 47.7 Å². The van der Waals surface area contributed by atoms with Gasteiger partial charge in [0.15, 0.2) is 0 Å². The lowest BCUT2D eigenvalue weighted by Gasteiger charge is -2.26. The molecule has 1 amide bonds. The molecule has 0 bridgehead atoms. The molecule has 0 radical (unpaired) electrons. The van der Waals surface area contributed by atoms with E-state index in [1.807, 2.05) is 12.1 Å². The fraction of sp³-hybridized carbons (Fsp3) is 0.409. The Morgan fingerprint density at radius 3 is 2.69 bits per heavy atom. The van der Waals surface area contributed by atoms with Crippen LogP contribution in [0, 0.1) is 0 Å². The van der Waals surface area contributed by atoms with Gasteiger partial charge in [0.05, 0.1) is 5.56 Å². The van der Waals surface area contributed by atoms with Gasteiger partial charge in [-0.3, -0.25) is 9.69 Å². The fourth-order valence-electron chi connectivity index (χ4n) is 3.54. The minimum atomic E-state index is -0.526. The molecule has 4 N–H and O–H groups in total. The number of carbonyl (C=O) groups is 1. The molecule has 1 fully saturated rings. The number of carbonyl (C=O) groups excluding carboxylic acids is 1. The minimum Gasteiger partial charge on any atom is -0.367 e. The van der Waals surface area contributed by atoms with Gasteiger partial charge in [-0.05, 0) is 55.5 Å². The number of hydrogen-bond donors (Lipinski definition) is 3. The number of anilines is 3. The van der Waals surface area contributed by atoms with Crippen molar-refractivity contribution in [2.75, 3.05) is 30.3 Å². The Bertz CT molecular complexity index is 904. The number of benzene rings is 1. The van der Waals surface area contributed by atoms with Crippen LogP contribution in [0.15, 0.2) is 36.5 Å². The van der Waals surface area contributed by atoms with Crippen molar-refractivity contribution in [1.82, 2.24) is 14.9 Å². The van der Waals surface area contributed by atoms with Gasteiger partial charge in [-0.2, -0.15) is 4.98 Å². The van der Waals surface area contributed by atoms with E-state index in [2.05, 4.69) is 50.6 Å². The van der Waals surface area contributed by atoms with Crippen LogP contribution in [0.25, 0.3) is 5.57 Å². The molecular weight excluding hydrogens is 364 g/mol. The molecule has 0 unspecified atom stereocenters. The Balaban J connectivity index is 1.44. The van der Waals surface area contributed by atoms with E-state index in [1.165, 1.54) is 30.3 Å². The van der Waals surface area contributed by atoms with E-state index in [0.29, 0.717) is 23.4 Å². The van der Waals surface area contributed by atoms with Crippen LogP contribution in [0.4, 0.5) is 17.5 Å². The van der Waals surface area contributed by atoms with Gasteiger partial charge in [0.25, 0.3) is 5.91 Å². The van der Waals surface area contributed by atoms with Gasteiger partial charge in [0.1, 0.15) is 5.82 Å². The summed E-state index contributed by atoms with van der Waals surface area (Å²) in [5.74, 6) is 0.415. The summed E-state index contributed by atoms with van der Waals surface area (Å²) in [6.45, 7) is 5.54. The van der Waals surface area contributed by atoms with Crippen LogP contribution in [-0.2, 0) is 0 Å². The van der Waals surface area contributed by atoms with E-state index in [9.17, 15) is 4.79 Å². The van der Waals surface area contributed by atoms with Gasteiger partial charge >= 0.3 is 0 Å². The molecule has 1 aromatic carbocycles. The monoisotopic (exact) mass is 392 g/mol. The molecule has 2 heterocycles. The highest BCUT2D eigenvalue weighted by atomic mass is 16.1. The topological polar surface area (TPSA) is 96.2 Å². The summed E-state index contributed by atoms with van der Waals surface area (Å²) in [5, 5.41) is 6.47. The van der Waals surface area contributed by atoms with Crippen molar-refractivity contribution in [2.24, 2.45) is 5.73 Å². The average molecular weight is 393 g/mol. The van der Waals surface area contributed by atoms with E-state index in [-0.39, 0.29) is 0 Å². The highest BCUT2D eigenvalue weighted by Crippen LogP contribution is 2.27. The Hall–Kier alpha value is -2.93. The predicted molar refractivity (Wildman–Crippen MR) is 116 cm³/mol. The first-order valence-electron chi connectivity index (χ1n) is 10.3. The Labute approximate surface area is 171 Å². The Kier molecular flexibility index (Phi) is 5.76. The van der Waals surface area contributed by atoms with Crippen molar-refractivity contribution in [1.29, 1.82) is 0 Å². The summed E-state index contributed by atoms with van der Waals surface area (Å²) < 4.78 is 0. The second-order valence-electron chi connectivity index (χ2n) is 7.72. The first kappa shape index (κ1) is 19.4. The maximum absolute atomic E-state index is 11.6. The number of nitrogens with two attached hydrogens (primary N) is 1. The van der Waals surface area contributed by atoms with Crippen LogP contribution in [0.5, 0.6) is 0 Å². The first-order valence-corrected chi connectivity index (χ1v) is 10.3. The largest absolute Gasteiger partial charge is 0.367 e. The normalized spacial score (nSPS) is 16.9. The number of nitrogens with zero attached hydrogens (tertiary/aromatic N) is 3. The van der Waals surface area contributed by atoms with Gasteiger partial charge in [-0.25, -0.2) is 4.98 Å². The molecule has 1 saturated carbocycles. The third-order valence-corrected chi connectivity index (χ3v) is 5.32. The molecule has 2 aliphatic rings. The number of nitrogens with one attached hydrogen (secondary N) is 2. The number of aromatic nitrogens is 2. The van der Waals surface area contributed by atoms with Crippen molar-refractivity contribution >= 4 is 28.9 Å². The van der Waals surface area contributed by atoms with Crippen LogP contribution >= 0.6 is 0 Å². The molecule has 1 aromatic heterocycles. The second-order valence-corrected chi connectivity index (χ2v) is 7.72. The van der Waals surface area contributed by atoms with Crippen LogP contribution in [-0.4, -0.2) is 46.5 Å². The van der Waals surface area contributed by atoms with Gasteiger partial charge < -0.3 is 16.4 Å². The molecule has 2 aromatic rings. The van der Waals surface area contributed by atoms with Crippen molar-refractivity contribution < 1.29 is 4.79 Å². The van der Waals surface area contributed by atoms with E-state index < -0.39 is 5.91 Å². The predicted octanol–water partition coefficient (Wildman–Crippen LogP) is 3.39. The molecule has 1 aliphatic carbocycles. The summed E-state index contributed by atoms with van der Waals surface area (Å²) in [7, 11) is 0. The Morgan fingerprint density at radius 1 is 1.28 bits per heavy atom. The maximum Gasteiger partial charge on any atom is 0.254 e. The number of amides is 1. The van der Waals surface area contributed by atoms with Crippen molar-refractivity contribution in [2.45, 2.75) is 38.6 Å². The number of rotatable bonds is 8. The van der Waals surface area contributed by atoms with Crippen LogP contribution in [0.1, 0.15) is 48.5 Å². The standard InChI is InChI=1S/C22H28N6O/c1-2-11-28-12-9-16(10-13-28)15-3-5-18(6-4-15)26-22-24-14-19(20(23)29)21(27-22)25-17-7-8-17/h3-6,9,14,17H,2,7-8,10-13H2,1H3,(H2,23,29)(H2,24,25,26,27). The van der Waals surface area contributed by atoms with Gasteiger partial charge in [-0.15, -0.1) is 0 Å². The number of hydrogen-bond acceptors (Lipinski definition) is 6. The first-order chi connectivity index (χ1) is 14.1. The van der Waals surface area contributed by atoms with Gasteiger partial charge in [0, 0.05) is 31.0 Å². The summed E-state index contributed by atoms with van der Waals surface area (Å²) in [6, 6.07) is 8.70. The Morgan fingerprint density at radius 2 is 2.07 bits per heavy atom. The lowest BCUT2D eigenvalue weighted by molar-refractivity contribution is 0.100. The molecule has 0 atom stereocenters.